The number of aromatic nitrogens is 1. The minimum Gasteiger partial charge on any atom is -0.449 e. The van der Waals surface area contributed by atoms with Gasteiger partial charge in [0.25, 0.3) is 5.91 Å². The third-order valence-electron chi connectivity index (χ3n) is 5.50. The van der Waals surface area contributed by atoms with Crippen molar-refractivity contribution >= 4 is 22.8 Å². The number of esters is 1. The maximum atomic E-state index is 12.9. The molecule has 2 heterocycles. The predicted octanol–water partition coefficient (Wildman–Crippen LogP) is 4.06. The number of benzene rings is 1. The summed E-state index contributed by atoms with van der Waals surface area (Å²) in [5.41, 5.74) is 2.27. The quantitative estimate of drug-likeness (QED) is 0.766. The fraction of sp³-hybridized carbons (Fsp3) is 0.500. The Labute approximate surface area is 159 Å². The minimum atomic E-state index is -0.771. The zero-order valence-electron chi connectivity index (χ0n) is 15.8. The van der Waals surface area contributed by atoms with Gasteiger partial charge in [-0.3, -0.25) is 9.78 Å². The first-order valence-electron chi connectivity index (χ1n) is 10.0. The van der Waals surface area contributed by atoms with E-state index in [1.54, 1.807) is 6.92 Å². The number of hydrogen-bond acceptors (Lipinski definition) is 4. The third-order valence-corrected chi connectivity index (χ3v) is 5.50. The number of carbonyl (C=O) groups is 2. The van der Waals surface area contributed by atoms with Gasteiger partial charge in [0.15, 0.2) is 6.10 Å². The molecule has 1 aliphatic carbocycles. The second kappa shape index (κ2) is 7.67. The van der Waals surface area contributed by atoms with Crippen LogP contribution in [0, 0.1) is 0 Å². The van der Waals surface area contributed by atoms with E-state index >= 15 is 0 Å². The molecule has 27 heavy (non-hydrogen) atoms. The molecule has 2 aliphatic rings. The standard InChI is InChI=1S/C22H26N2O3/c1-15(21(25)24-12-6-2-3-7-13-24)27-22(26)18-14-20(16-10-11-16)23-19-9-5-4-8-17(18)19/h4-5,8-9,14-16H,2-3,6-7,10-13H2,1H3/t15-/m0/s1. The van der Waals surface area contributed by atoms with Gasteiger partial charge in [0.1, 0.15) is 0 Å². The molecular formula is C22H26N2O3. The lowest BCUT2D eigenvalue weighted by Gasteiger charge is -2.24. The van der Waals surface area contributed by atoms with Crippen molar-refractivity contribution in [3.05, 3.63) is 41.6 Å². The lowest BCUT2D eigenvalue weighted by Crippen LogP contribution is -2.40. The van der Waals surface area contributed by atoms with Gasteiger partial charge in [0, 0.05) is 30.1 Å². The van der Waals surface area contributed by atoms with Crippen LogP contribution in [-0.4, -0.2) is 41.0 Å². The Bertz CT molecular complexity index is 852. The van der Waals surface area contributed by atoms with Gasteiger partial charge in [-0.05, 0) is 44.7 Å². The zero-order chi connectivity index (χ0) is 18.8. The number of ether oxygens (including phenoxy) is 1. The normalized spacial score (nSPS) is 18.8. The summed E-state index contributed by atoms with van der Waals surface area (Å²) >= 11 is 0. The van der Waals surface area contributed by atoms with Crippen LogP contribution in [0.3, 0.4) is 0 Å². The Morgan fingerprint density at radius 1 is 1.11 bits per heavy atom. The maximum absolute atomic E-state index is 12.9. The summed E-state index contributed by atoms with van der Waals surface area (Å²) in [5.74, 6) is -0.0884. The van der Waals surface area contributed by atoms with Crippen molar-refractivity contribution < 1.29 is 14.3 Å². The van der Waals surface area contributed by atoms with Crippen LogP contribution in [0.1, 0.15) is 67.4 Å². The van der Waals surface area contributed by atoms with Gasteiger partial charge in [0.2, 0.25) is 0 Å². The van der Waals surface area contributed by atoms with Crippen LogP contribution in [0.2, 0.25) is 0 Å². The number of nitrogens with zero attached hydrogens (tertiary/aromatic N) is 2. The fourth-order valence-corrected chi connectivity index (χ4v) is 3.78. The molecule has 0 unspecified atom stereocenters. The van der Waals surface area contributed by atoms with Gasteiger partial charge in [-0.1, -0.05) is 31.0 Å². The van der Waals surface area contributed by atoms with Crippen molar-refractivity contribution in [3.63, 3.8) is 0 Å². The second-order valence-corrected chi connectivity index (χ2v) is 7.67. The zero-order valence-corrected chi connectivity index (χ0v) is 15.8. The summed E-state index contributed by atoms with van der Waals surface area (Å²) in [6.45, 7) is 3.19. The van der Waals surface area contributed by atoms with E-state index in [0.29, 0.717) is 11.5 Å². The summed E-state index contributed by atoms with van der Waals surface area (Å²) in [5, 5.41) is 0.779. The van der Waals surface area contributed by atoms with E-state index in [1.807, 2.05) is 35.2 Å². The number of carbonyl (C=O) groups excluding carboxylic acids is 2. The molecule has 1 aliphatic heterocycles. The average Bonchev–Trinajstić information content (AvgIpc) is 3.53. The largest absolute Gasteiger partial charge is 0.449 e. The molecular weight excluding hydrogens is 340 g/mol. The highest BCUT2D eigenvalue weighted by Crippen LogP contribution is 2.40. The number of pyridine rings is 1. The number of hydrogen-bond donors (Lipinski definition) is 0. The molecule has 1 aromatic carbocycles. The number of rotatable bonds is 4. The molecule has 0 radical (unpaired) electrons. The number of likely N-dealkylation sites (tertiary alicyclic amines) is 1. The highest BCUT2D eigenvalue weighted by Gasteiger charge is 2.29. The predicted molar refractivity (Wildman–Crippen MR) is 104 cm³/mol. The molecule has 1 saturated heterocycles. The van der Waals surface area contributed by atoms with Gasteiger partial charge in [-0.25, -0.2) is 4.79 Å². The van der Waals surface area contributed by atoms with Crippen LogP contribution in [0.25, 0.3) is 10.9 Å². The van der Waals surface area contributed by atoms with Crippen molar-refractivity contribution in [2.75, 3.05) is 13.1 Å². The van der Waals surface area contributed by atoms with E-state index in [4.69, 9.17) is 9.72 Å². The molecule has 0 bridgehead atoms. The molecule has 2 aromatic rings. The number of fused-ring (bicyclic) bond motifs is 1. The van der Waals surface area contributed by atoms with Crippen molar-refractivity contribution in [1.82, 2.24) is 9.88 Å². The van der Waals surface area contributed by atoms with Crippen LogP contribution >= 0.6 is 0 Å². The van der Waals surface area contributed by atoms with Crippen molar-refractivity contribution in [1.29, 1.82) is 0 Å². The Hall–Kier alpha value is -2.43. The molecule has 142 valence electrons. The summed E-state index contributed by atoms with van der Waals surface area (Å²) in [6.07, 6.45) is 5.81. The summed E-state index contributed by atoms with van der Waals surface area (Å²) < 4.78 is 5.60. The van der Waals surface area contributed by atoms with E-state index < -0.39 is 12.1 Å². The van der Waals surface area contributed by atoms with Gasteiger partial charge in [0.05, 0.1) is 11.1 Å². The molecule has 0 N–H and O–H groups in total. The van der Waals surface area contributed by atoms with Crippen molar-refractivity contribution in [2.24, 2.45) is 0 Å². The van der Waals surface area contributed by atoms with Gasteiger partial charge < -0.3 is 9.64 Å². The average molecular weight is 366 g/mol. The monoisotopic (exact) mass is 366 g/mol. The Morgan fingerprint density at radius 2 is 1.81 bits per heavy atom. The summed E-state index contributed by atoms with van der Waals surface area (Å²) in [7, 11) is 0. The van der Waals surface area contributed by atoms with Gasteiger partial charge >= 0.3 is 5.97 Å². The smallest absolute Gasteiger partial charge is 0.339 e. The first-order chi connectivity index (χ1) is 13.1. The van der Waals surface area contributed by atoms with E-state index in [9.17, 15) is 9.59 Å². The highest BCUT2D eigenvalue weighted by molar-refractivity contribution is 6.04. The van der Waals surface area contributed by atoms with Crippen LogP contribution in [0.15, 0.2) is 30.3 Å². The molecule has 5 heteroatoms. The van der Waals surface area contributed by atoms with Gasteiger partial charge in [-0.2, -0.15) is 0 Å². The van der Waals surface area contributed by atoms with E-state index in [0.717, 1.165) is 68.2 Å². The summed E-state index contributed by atoms with van der Waals surface area (Å²) in [4.78, 5) is 32.1. The molecule has 1 amide bonds. The molecule has 1 saturated carbocycles. The van der Waals surface area contributed by atoms with Gasteiger partial charge in [-0.15, -0.1) is 0 Å². The second-order valence-electron chi connectivity index (χ2n) is 7.67. The molecule has 4 rings (SSSR count). The topological polar surface area (TPSA) is 59.5 Å². The lowest BCUT2D eigenvalue weighted by molar-refractivity contribution is -0.139. The first kappa shape index (κ1) is 18.0. The molecule has 5 nitrogen and oxygen atoms in total. The van der Waals surface area contributed by atoms with Crippen LogP contribution < -0.4 is 0 Å². The third kappa shape index (κ3) is 3.97. The number of para-hydroxylation sites is 1. The molecule has 0 spiro atoms. The maximum Gasteiger partial charge on any atom is 0.339 e. The molecule has 1 atom stereocenters. The fourth-order valence-electron chi connectivity index (χ4n) is 3.78. The van der Waals surface area contributed by atoms with Crippen LogP contribution in [0.4, 0.5) is 0 Å². The lowest BCUT2D eigenvalue weighted by atomic mass is 10.1. The van der Waals surface area contributed by atoms with Crippen LogP contribution in [0.5, 0.6) is 0 Å². The van der Waals surface area contributed by atoms with E-state index in [2.05, 4.69) is 0 Å². The first-order valence-corrected chi connectivity index (χ1v) is 10.0. The van der Waals surface area contributed by atoms with Crippen molar-refractivity contribution in [2.45, 2.75) is 57.5 Å². The molecule has 2 fully saturated rings. The Morgan fingerprint density at radius 3 is 2.52 bits per heavy atom. The highest BCUT2D eigenvalue weighted by atomic mass is 16.5. The summed E-state index contributed by atoms with van der Waals surface area (Å²) in [6, 6.07) is 9.47. The van der Waals surface area contributed by atoms with E-state index in [-0.39, 0.29) is 5.91 Å². The van der Waals surface area contributed by atoms with Crippen molar-refractivity contribution in [3.8, 4) is 0 Å². The Kier molecular flexibility index (Phi) is 5.10. The van der Waals surface area contributed by atoms with Crippen LogP contribution in [-0.2, 0) is 9.53 Å². The van der Waals surface area contributed by atoms with E-state index in [1.165, 1.54) is 0 Å². The number of amides is 1. The Balaban J connectivity index is 1.54. The SMILES string of the molecule is C[C@H](OC(=O)c1cc(C2CC2)nc2ccccc12)C(=O)N1CCCCCC1. The minimum absolute atomic E-state index is 0.0916. The molecule has 1 aromatic heterocycles.